The summed E-state index contributed by atoms with van der Waals surface area (Å²) in [6.45, 7) is 4.70. The molecule has 0 saturated heterocycles. The van der Waals surface area contributed by atoms with Gasteiger partial charge in [-0.1, -0.05) is 25.7 Å². The molecule has 4 nitrogen and oxygen atoms in total. The van der Waals surface area contributed by atoms with Crippen LogP contribution in [0.25, 0.3) is 0 Å². The number of nitrogens with zero attached hydrogens (tertiary/aromatic N) is 2. The second-order valence-corrected chi connectivity index (χ2v) is 6.56. The fourth-order valence-electron chi connectivity index (χ4n) is 2.56. The minimum atomic E-state index is 0. The molecule has 3 N–H and O–H groups in total. The quantitative estimate of drug-likeness (QED) is 0.348. The van der Waals surface area contributed by atoms with Gasteiger partial charge >= 0.3 is 0 Å². The molecule has 20 heavy (non-hydrogen) atoms. The molecule has 1 saturated carbocycles. The van der Waals surface area contributed by atoms with Gasteiger partial charge in [-0.3, -0.25) is 0 Å². The van der Waals surface area contributed by atoms with Gasteiger partial charge in [-0.05, 0) is 26.7 Å². The topological polar surface area (TPSA) is 63.3 Å². The lowest BCUT2D eigenvalue weighted by Crippen LogP contribution is -2.39. The second kappa shape index (κ2) is 8.81. The van der Waals surface area contributed by atoms with Gasteiger partial charge < -0.3 is 11.1 Å². The largest absolute Gasteiger partial charge is 0.370 e. The predicted molar refractivity (Wildman–Crippen MR) is 97.0 cm³/mol. The summed E-state index contributed by atoms with van der Waals surface area (Å²) < 4.78 is 0. The Labute approximate surface area is 142 Å². The van der Waals surface area contributed by atoms with Crippen LogP contribution < -0.4 is 11.1 Å². The molecule has 1 aromatic rings. The van der Waals surface area contributed by atoms with Gasteiger partial charge in [0.1, 0.15) is 0 Å². The van der Waals surface area contributed by atoms with Crippen molar-refractivity contribution in [3.63, 3.8) is 0 Å². The lowest BCUT2D eigenvalue weighted by molar-refractivity contribution is 0.530. The van der Waals surface area contributed by atoms with E-state index < -0.39 is 0 Å². The van der Waals surface area contributed by atoms with Crippen molar-refractivity contribution in [1.29, 1.82) is 0 Å². The van der Waals surface area contributed by atoms with Gasteiger partial charge in [0.2, 0.25) is 0 Å². The summed E-state index contributed by atoms with van der Waals surface area (Å²) in [5.74, 6) is 0.581. The fraction of sp³-hybridized carbons (Fsp3) is 0.714. The zero-order chi connectivity index (χ0) is 13.7. The standard InChI is InChI=1S/C14H24N4S.HI/c1-10-13(19-11(2)17-10)9-16-14(15)18-12-7-5-3-4-6-8-12;/h12H,3-9H2,1-2H3,(H3,15,16,18);1H. The first-order chi connectivity index (χ1) is 9.15. The minimum absolute atomic E-state index is 0. The summed E-state index contributed by atoms with van der Waals surface area (Å²) in [7, 11) is 0. The van der Waals surface area contributed by atoms with E-state index in [2.05, 4.69) is 15.3 Å². The number of guanidine groups is 1. The van der Waals surface area contributed by atoms with Gasteiger partial charge in [-0.25, -0.2) is 9.98 Å². The number of thiazole rings is 1. The Hall–Kier alpha value is -0.370. The molecular weight excluding hydrogens is 383 g/mol. The molecule has 1 fully saturated rings. The van der Waals surface area contributed by atoms with Crippen LogP contribution in [0.5, 0.6) is 0 Å². The summed E-state index contributed by atoms with van der Waals surface area (Å²) in [6.07, 6.45) is 7.75. The van der Waals surface area contributed by atoms with Crippen molar-refractivity contribution < 1.29 is 0 Å². The lowest BCUT2D eigenvalue weighted by atomic mass is 10.1. The highest BCUT2D eigenvalue weighted by Crippen LogP contribution is 2.18. The van der Waals surface area contributed by atoms with E-state index in [0.717, 1.165) is 10.7 Å². The van der Waals surface area contributed by atoms with Crippen molar-refractivity contribution in [3.05, 3.63) is 15.6 Å². The van der Waals surface area contributed by atoms with E-state index in [1.54, 1.807) is 11.3 Å². The normalized spacial score (nSPS) is 17.4. The van der Waals surface area contributed by atoms with Crippen LogP contribution in [0.2, 0.25) is 0 Å². The molecule has 0 radical (unpaired) electrons. The first kappa shape index (κ1) is 17.7. The molecule has 1 heterocycles. The van der Waals surface area contributed by atoms with E-state index >= 15 is 0 Å². The first-order valence-electron chi connectivity index (χ1n) is 7.14. The Morgan fingerprint density at radius 2 is 1.95 bits per heavy atom. The molecular formula is C14H25IN4S. The fourth-order valence-corrected chi connectivity index (χ4v) is 3.42. The highest BCUT2D eigenvalue weighted by molar-refractivity contribution is 14.0. The second-order valence-electron chi connectivity index (χ2n) is 5.28. The predicted octanol–water partition coefficient (Wildman–Crippen LogP) is 3.51. The molecule has 0 unspecified atom stereocenters. The van der Waals surface area contributed by atoms with Crippen molar-refractivity contribution >= 4 is 41.3 Å². The van der Waals surface area contributed by atoms with Crippen molar-refractivity contribution in [2.24, 2.45) is 10.7 Å². The number of nitrogens with two attached hydrogens (primary N) is 1. The van der Waals surface area contributed by atoms with Crippen LogP contribution in [0, 0.1) is 13.8 Å². The van der Waals surface area contributed by atoms with Crippen molar-refractivity contribution in [1.82, 2.24) is 10.3 Å². The van der Waals surface area contributed by atoms with E-state index in [4.69, 9.17) is 5.73 Å². The van der Waals surface area contributed by atoms with Gasteiger partial charge in [0.05, 0.1) is 17.2 Å². The molecule has 1 aliphatic carbocycles. The molecule has 0 atom stereocenters. The molecule has 0 bridgehead atoms. The molecule has 2 rings (SSSR count). The average Bonchev–Trinajstić information content (AvgIpc) is 2.56. The van der Waals surface area contributed by atoms with Crippen LogP contribution in [-0.2, 0) is 6.54 Å². The maximum Gasteiger partial charge on any atom is 0.189 e. The van der Waals surface area contributed by atoms with Crippen LogP contribution in [0.15, 0.2) is 4.99 Å². The highest BCUT2D eigenvalue weighted by Gasteiger charge is 2.12. The molecule has 6 heteroatoms. The summed E-state index contributed by atoms with van der Waals surface area (Å²) in [6, 6.07) is 0.510. The van der Waals surface area contributed by atoms with Gasteiger partial charge in [-0.15, -0.1) is 35.3 Å². The lowest BCUT2D eigenvalue weighted by Gasteiger charge is -2.16. The van der Waals surface area contributed by atoms with Gasteiger partial charge in [0, 0.05) is 10.9 Å². The summed E-state index contributed by atoms with van der Waals surface area (Å²) in [4.78, 5) is 10.1. The van der Waals surface area contributed by atoms with E-state index in [1.807, 2.05) is 13.8 Å². The van der Waals surface area contributed by atoms with E-state index in [0.29, 0.717) is 18.5 Å². The Kier molecular flexibility index (Phi) is 7.79. The minimum Gasteiger partial charge on any atom is -0.370 e. The van der Waals surface area contributed by atoms with Crippen molar-refractivity contribution in [2.75, 3.05) is 0 Å². The average molecular weight is 408 g/mol. The number of nitrogens with one attached hydrogen (secondary N) is 1. The molecule has 1 aliphatic rings. The maximum absolute atomic E-state index is 5.98. The smallest absolute Gasteiger partial charge is 0.189 e. The van der Waals surface area contributed by atoms with Gasteiger partial charge in [-0.2, -0.15) is 0 Å². The van der Waals surface area contributed by atoms with Gasteiger partial charge in [0.15, 0.2) is 5.96 Å². The van der Waals surface area contributed by atoms with E-state index in [-0.39, 0.29) is 24.0 Å². The Balaban J connectivity index is 0.00000200. The monoisotopic (exact) mass is 408 g/mol. The number of aryl methyl sites for hydroxylation is 2. The summed E-state index contributed by atoms with van der Waals surface area (Å²) in [5.41, 5.74) is 7.06. The zero-order valence-corrected chi connectivity index (χ0v) is 15.5. The Morgan fingerprint density at radius 3 is 2.50 bits per heavy atom. The number of rotatable bonds is 3. The summed E-state index contributed by atoms with van der Waals surface area (Å²) >= 11 is 1.70. The number of hydrogen-bond acceptors (Lipinski definition) is 3. The molecule has 0 spiro atoms. The number of hydrogen-bond donors (Lipinski definition) is 2. The van der Waals surface area contributed by atoms with E-state index in [9.17, 15) is 0 Å². The SMILES string of the molecule is Cc1nc(C)c(CN=C(N)NC2CCCCCC2)s1.I. The third kappa shape index (κ3) is 5.55. The Morgan fingerprint density at radius 1 is 1.30 bits per heavy atom. The highest BCUT2D eigenvalue weighted by atomic mass is 127. The number of aliphatic imine (C=N–C) groups is 1. The Bertz CT molecular complexity index is 436. The third-order valence-corrected chi connectivity index (χ3v) is 4.66. The summed E-state index contributed by atoms with van der Waals surface area (Å²) in [5, 5.41) is 4.46. The molecule has 0 aromatic carbocycles. The molecule has 0 aliphatic heterocycles. The zero-order valence-electron chi connectivity index (χ0n) is 12.3. The van der Waals surface area contributed by atoms with Gasteiger partial charge in [0.25, 0.3) is 0 Å². The molecule has 114 valence electrons. The van der Waals surface area contributed by atoms with Crippen LogP contribution >= 0.6 is 35.3 Å². The molecule has 0 amide bonds. The van der Waals surface area contributed by atoms with Crippen molar-refractivity contribution in [3.8, 4) is 0 Å². The van der Waals surface area contributed by atoms with Crippen LogP contribution in [-0.4, -0.2) is 17.0 Å². The van der Waals surface area contributed by atoms with Crippen molar-refractivity contribution in [2.45, 2.75) is 65.0 Å². The van der Waals surface area contributed by atoms with Crippen LogP contribution in [0.1, 0.15) is 54.1 Å². The number of halogens is 1. The number of aromatic nitrogens is 1. The third-order valence-electron chi connectivity index (χ3n) is 3.60. The van der Waals surface area contributed by atoms with Crippen LogP contribution in [0.4, 0.5) is 0 Å². The first-order valence-corrected chi connectivity index (χ1v) is 7.96. The van der Waals surface area contributed by atoms with Crippen LogP contribution in [0.3, 0.4) is 0 Å². The molecule has 1 aromatic heterocycles. The maximum atomic E-state index is 5.98. The van der Waals surface area contributed by atoms with E-state index in [1.165, 1.54) is 43.4 Å².